The Hall–Kier alpha value is -1.64. The van der Waals surface area contributed by atoms with Crippen LogP contribution in [0.3, 0.4) is 0 Å². The third kappa shape index (κ3) is 2.10. The van der Waals surface area contributed by atoms with Gasteiger partial charge in [-0.2, -0.15) is 0 Å². The van der Waals surface area contributed by atoms with Gasteiger partial charge in [0.25, 0.3) is 0 Å². The molecule has 0 aromatic heterocycles. The van der Waals surface area contributed by atoms with Crippen molar-refractivity contribution in [2.75, 3.05) is 0 Å². The van der Waals surface area contributed by atoms with Crippen molar-refractivity contribution < 1.29 is 9.18 Å². The van der Waals surface area contributed by atoms with E-state index in [4.69, 9.17) is 0 Å². The monoisotopic (exact) mass is 287 g/mol. The maximum absolute atomic E-state index is 12.9. The van der Waals surface area contributed by atoms with E-state index in [0.717, 1.165) is 30.4 Å². The number of hydrogen-bond acceptors (Lipinski definition) is 1. The van der Waals surface area contributed by atoms with Crippen LogP contribution in [0.25, 0.3) is 0 Å². The molecule has 1 aromatic carbocycles. The molecule has 2 fully saturated rings. The molecule has 3 rings (SSSR count). The molecule has 2 saturated carbocycles. The van der Waals surface area contributed by atoms with E-state index < -0.39 is 0 Å². The van der Waals surface area contributed by atoms with Crippen molar-refractivity contribution in [3.63, 3.8) is 0 Å². The highest BCUT2D eigenvalue weighted by molar-refractivity contribution is 5.87. The Morgan fingerprint density at radius 3 is 2.62 bits per heavy atom. The second-order valence-electron chi connectivity index (χ2n) is 7.03. The second kappa shape index (κ2) is 4.69. The summed E-state index contributed by atoms with van der Waals surface area (Å²) >= 11 is 0. The van der Waals surface area contributed by atoms with Crippen LogP contribution in [0.5, 0.6) is 0 Å². The Morgan fingerprint density at radius 2 is 2.05 bits per heavy atom. The van der Waals surface area contributed by atoms with Crippen molar-refractivity contribution in [1.82, 2.24) is 5.32 Å². The number of carbonyl (C=O) groups is 1. The van der Waals surface area contributed by atoms with Gasteiger partial charge in [0, 0.05) is 6.54 Å². The number of rotatable bonds is 3. The summed E-state index contributed by atoms with van der Waals surface area (Å²) in [5.74, 6) is 0.402. The number of carbonyl (C=O) groups excluding carboxylic acids is 1. The third-order valence-electron chi connectivity index (χ3n) is 5.69. The van der Waals surface area contributed by atoms with Gasteiger partial charge in [-0.25, -0.2) is 4.39 Å². The van der Waals surface area contributed by atoms with Crippen LogP contribution in [0.15, 0.2) is 36.4 Å². The molecule has 2 atom stereocenters. The summed E-state index contributed by atoms with van der Waals surface area (Å²) in [6.07, 6.45) is 2.94. The molecular weight excluding hydrogens is 265 g/mol. The van der Waals surface area contributed by atoms with Gasteiger partial charge in [-0.15, -0.1) is 0 Å². The SMILES string of the molecule is C=C1C(C)(C)[C@H]2CC[C@@]1(C(=O)NCc1ccc(F)cc1)C2. The molecule has 21 heavy (non-hydrogen) atoms. The quantitative estimate of drug-likeness (QED) is 0.841. The van der Waals surface area contributed by atoms with Crippen molar-refractivity contribution in [2.45, 2.75) is 39.7 Å². The topological polar surface area (TPSA) is 29.1 Å². The summed E-state index contributed by atoms with van der Waals surface area (Å²) in [4.78, 5) is 12.7. The molecule has 0 aliphatic heterocycles. The fourth-order valence-electron chi connectivity index (χ4n) is 4.10. The van der Waals surface area contributed by atoms with Gasteiger partial charge in [0.1, 0.15) is 5.82 Å². The number of benzene rings is 1. The molecule has 112 valence electrons. The Bertz CT molecular complexity index is 590. The maximum atomic E-state index is 12.9. The van der Waals surface area contributed by atoms with Crippen molar-refractivity contribution in [2.24, 2.45) is 16.7 Å². The van der Waals surface area contributed by atoms with Crippen LogP contribution in [0.1, 0.15) is 38.7 Å². The van der Waals surface area contributed by atoms with Gasteiger partial charge in [0.05, 0.1) is 5.41 Å². The van der Waals surface area contributed by atoms with E-state index >= 15 is 0 Å². The first kappa shape index (κ1) is 14.3. The minimum Gasteiger partial charge on any atom is -0.351 e. The summed E-state index contributed by atoms with van der Waals surface area (Å²) in [5, 5.41) is 3.02. The summed E-state index contributed by atoms with van der Waals surface area (Å²) < 4.78 is 12.9. The number of nitrogens with one attached hydrogen (secondary N) is 1. The summed E-state index contributed by atoms with van der Waals surface area (Å²) in [6.45, 7) is 9.09. The first-order chi connectivity index (χ1) is 9.86. The van der Waals surface area contributed by atoms with Crippen LogP contribution >= 0.6 is 0 Å². The van der Waals surface area contributed by atoms with Gasteiger partial charge in [0.2, 0.25) is 5.91 Å². The molecule has 1 amide bonds. The van der Waals surface area contributed by atoms with Gasteiger partial charge in [-0.3, -0.25) is 4.79 Å². The summed E-state index contributed by atoms with van der Waals surface area (Å²) in [7, 11) is 0. The fraction of sp³-hybridized carbons (Fsp3) is 0.500. The highest BCUT2D eigenvalue weighted by Gasteiger charge is 2.60. The van der Waals surface area contributed by atoms with E-state index in [1.165, 1.54) is 12.1 Å². The summed E-state index contributed by atoms with van der Waals surface area (Å²) in [5.41, 5.74) is 1.68. The molecule has 0 radical (unpaired) electrons. The number of hydrogen-bond donors (Lipinski definition) is 1. The Morgan fingerprint density at radius 1 is 1.38 bits per heavy atom. The molecule has 2 nitrogen and oxygen atoms in total. The average Bonchev–Trinajstić information content (AvgIpc) is 2.98. The third-order valence-corrected chi connectivity index (χ3v) is 5.69. The van der Waals surface area contributed by atoms with E-state index in [9.17, 15) is 9.18 Å². The molecule has 1 aromatic rings. The number of amides is 1. The van der Waals surface area contributed by atoms with Gasteiger partial charge in [0.15, 0.2) is 0 Å². The van der Waals surface area contributed by atoms with Crippen molar-refractivity contribution >= 4 is 5.91 Å². The number of fused-ring (bicyclic) bond motifs is 2. The van der Waals surface area contributed by atoms with Crippen LogP contribution in [-0.4, -0.2) is 5.91 Å². The molecule has 1 N–H and O–H groups in total. The zero-order valence-corrected chi connectivity index (χ0v) is 12.7. The maximum Gasteiger partial charge on any atom is 0.230 e. The molecule has 3 heteroatoms. The normalized spacial score (nSPS) is 29.7. The van der Waals surface area contributed by atoms with Crippen molar-refractivity contribution in [3.8, 4) is 0 Å². The Balaban J connectivity index is 1.71. The molecule has 0 spiro atoms. The molecule has 0 unspecified atom stereocenters. The molecular formula is C18H22FNO. The number of halogens is 1. The largest absolute Gasteiger partial charge is 0.351 e. The van der Waals surface area contributed by atoms with E-state index in [0.29, 0.717) is 12.5 Å². The predicted octanol–water partition coefficient (Wildman–Crippen LogP) is 3.82. The lowest BCUT2D eigenvalue weighted by atomic mass is 9.68. The van der Waals surface area contributed by atoms with E-state index in [2.05, 4.69) is 25.7 Å². The lowest BCUT2D eigenvalue weighted by molar-refractivity contribution is -0.128. The average molecular weight is 287 g/mol. The van der Waals surface area contributed by atoms with Crippen molar-refractivity contribution in [3.05, 3.63) is 47.8 Å². The Kier molecular flexibility index (Phi) is 3.19. The fourth-order valence-corrected chi connectivity index (χ4v) is 4.10. The van der Waals surface area contributed by atoms with E-state index in [1.807, 2.05) is 0 Å². The molecule has 2 aliphatic carbocycles. The molecule has 2 bridgehead atoms. The highest BCUT2D eigenvalue weighted by Crippen LogP contribution is 2.65. The zero-order chi connectivity index (χ0) is 15.3. The van der Waals surface area contributed by atoms with Crippen molar-refractivity contribution in [1.29, 1.82) is 0 Å². The van der Waals surface area contributed by atoms with Crippen LogP contribution in [0, 0.1) is 22.6 Å². The highest BCUT2D eigenvalue weighted by atomic mass is 19.1. The predicted molar refractivity (Wildman–Crippen MR) is 80.9 cm³/mol. The van der Waals surface area contributed by atoms with Gasteiger partial charge < -0.3 is 5.32 Å². The second-order valence-corrected chi connectivity index (χ2v) is 7.03. The van der Waals surface area contributed by atoms with Crippen LogP contribution in [-0.2, 0) is 11.3 Å². The zero-order valence-electron chi connectivity index (χ0n) is 12.7. The lowest BCUT2D eigenvalue weighted by Crippen LogP contribution is -2.41. The molecule has 2 aliphatic rings. The molecule has 0 heterocycles. The standard InChI is InChI=1S/C18H22FNO/c1-12-17(2,3)14-8-9-18(12,10-14)16(21)20-11-13-4-6-15(19)7-5-13/h4-7,14H,1,8-11H2,2-3H3,(H,20,21)/t14-,18+/m0/s1. The van der Waals surface area contributed by atoms with Gasteiger partial charge >= 0.3 is 0 Å². The minimum absolute atomic E-state index is 0.0610. The summed E-state index contributed by atoms with van der Waals surface area (Å²) in [6, 6.07) is 6.25. The Labute approximate surface area is 125 Å². The van der Waals surface area contributed by atoms with Gasteiger partial charge in [-0.1, -0.05) is 38.1 Å². The first-order valence-corrected chi connectivity index (χ1v) is 7.59. The lowest BCUT2D eigenvalue weighted by Gasteiger charge is -2.37. The van der Waals surface area contributed by atoms with E-state index in [-0.39, 0.29) is 22.6 Å². The smallest absolute Gasteiger partial charge is 0.230 e. The van der Waals surface area contributed by atoms with Crippen LogP contribution in [0.2, 0.25) is 0 Å². The van der Waals surface area contributed by atoms with Crippen LogP contribution in [0.4, 0.5) is 4.39 Å². The molecule has 0 saturated heterocycles. The minimum atomic E-state index is -0.381. The van der Waals surface area contributed by atoms with E-state index in [1.54, 1.807) is 12.1 Å². The van der Waals surface area contributed by atoms with Gasteiger partial charge in [-0.05, 0) is 48.3 Å². The van der Waals surface area contributed by atoms with Crippen LogP contribution < -0.4 is 5.32 Å². The first-order valence-electron chi connectivity index (χ1n) is 7.59.